The molecule has 2 N–H and O–H groups in total. The molecule has 5 rings (SSSR count). The Bertz CT molecular complexity index is 1400. The van der Waals surface area contributed by atoms with E-state index in [0.717, 1.165) is 44.8 Å². The van der Waals surface area contributed by atoms with Gasteiger partial charge in [-0.15, -0.1) is 0 Å². The molecule has 4 aromatic rings. The van der Waals surface area contributed by atoms with Crippen molar-refractivity contribution in [3.8, 4) is 22.8 Å². The predicted molar refractivity (Wildman–Crippen MR) is 144 cm³/mol. The van der Waals surface area contributed by atoms with Crippen molar-refractivity contribution < 1.29 is 18.6 Å². The van der Waals surface area contributed by atoms with Crippen molar-refractivity contribution in [1.29, 1.82) is 0 Å². The summed E-state index contributed by atoms with van der Waals surface area (Å²) in [5, 5.41) is 6.22. The van der Waals surface area contributed by atoms with Crippen molar-refractivity contribution in [2.75, 3.05) is 57.7 Å². The largest absolute Gasteiger partial charge is 0.497 e. The molecule has 1 aliphatic heterocycles. The number of methoxy groups -OCH3 is 2. The predicted octanol–water partition coefficient (Wildman–Crippen LogP) is 3.85. The highest BCUT2D eigenvalue weighted by molar-refractivity contribution is 5.77. The summed E-state index contributed by atoms with van der Waals surface area (Å²) in [6, 6.07) is 8.72. The molecule has 0 atom stereocenters. The Balaban J connectivity index is 1.30. The van der Waals surface area contributed by atoms with Crippen LogP contribution in [0, 0.1) is 5.82 Å². The minimum Gasteiger partial charge on any atom is -0.497 e. The highest BCUT2D eigenvalue weighted by Crippen LogP contribution is 2.34. The first-order valence-electron chi connectivity index (χ1n) is 12.5. The quantitative estimate of drug-likeness (QED) is 0.310. The van der Waals surface area contributed by atoms with Gasteiger partial charge in [0.2, 0.25) is 0 Å². The summed E-state index contributed by atoms with van der Waals surface area (Å²) in [7, 11) is 2.89. The maximum absolute atomic E-state index is 15.0. The standard InChI is InChI=1S/C27H29FN8O3/c1-37-19-11-22(26(28)23(12-19)38-2)34-27-20(15-29-16-33-27)21-13-25(32-17-31-21)35-24-4-3-18(14-30-24)5-6-36-7-9-39-10-8-36/h3-4,11-17H,5-10H2,1-2H3,(H,29,33,34)(H,30,31,32,35). The van der Waals surface area contributed by atoms with E-state index in [1.54, 1.807) is 12.3 Å². The zero-order valence-electron chi connectivity index (χ0n) is 21.7. The monoisotopic (exact) mass is 532 g/mol. The zero-order chi connectivity index (χ0) is 27.0. The molecule has 12 heteroatoms. The average Bonchev–Trinajstić information content (AvgIpc) is 2.99. The van der Waals surface area contributed by atoms with Crippen LogP contribution in [0.15, 0.2) is 55.4 Å². The molecule has 3 aromatic heterocycles. The smallest absolute Gasteiger partial charge is 0.188 e. The molecule has 0 unspecified atom stereocenters. The van der Waals surface area contributed by atoms with Crippen LogP contribution in [0.25, 0.3) is 11.3 Å². The SMILES string of the molecule is COc1cc(Nc2ncncc2-c2cc(Nc3ccc(CCN4CCOCC4)cn3)ncn2)c(F)c(OC)c1. The van der Waals surface area contributed by atoms with Crippen molar-refractivity contribution in [3.63, 3.8) is 0 Å². The Kier molecular flexibility index (Phi) is 8.34. The number of rotatable bonds is 10. The average molecular weight is 533 g/mol. The van der Waals surface area contributed by atoms with Crippen molar-refractivity contribution in [3.05, 3.63) is 66.8 Å². The number of morpholine rings is 1. The molecular weight excluding hydrogens is 503 g/mol. The van der Waals surface area contributed by atoms with E-state index in [0.29, 0.717) is 34.5 Å². The van der Waals surface area contributed by atoms with E-state index in [4.69, 9.17) is 14.2 Å². The number of benzene rings is 1. The van der Waals surface area contributed by atoms with E-state index in [1.165, 1.54) is 39.0 Å². The number of hydrogen-bond donors (Lipinski definition) is 2. The van der Waals surface area contributed by atoms with E-state index in [9.17, 15) is 4.39 Å². The number of halogens is 1. The number of aromatic nitrogens is 5. The van der Waals surface area contributed by atoms with Gasteiger partial charge in [0.25, 0.3) is 0 Å². The molecule has 0 aliphatic carbocycles. The van der Waals surface area contributed by atoms with Crippen LogP contribution in [0.5, 0.6) is 11.5 Å². The fourth-order valence-electron chi connectivity index (χ4n) is 4.14. The molecular formula is C27H29FN8O3. The van der Waals surface area contributed by atoms with E-state index >= 15 is 0 Å². The number of pyridine rings is 1. The molecule has 0 radical (unpaired) electrons. The van der Waals surface area contributed by atoms with Crippen LogP contribution in [-0.2, 0) is 11.2 Å². The Morgan fingerprint density at radius 2 is 1.79 bits per heavy atom. The lowest BCUT2D eigenvalue weighted by atomic mass is 10.2. The van der Waals surface area contributed by atoms with Gasteiger partial charge in [0.05, 0.1) is 44.4 Å². The molecule has 0 saturated carbocycles. The number of ether oxygens (including phenoxy) is 3. The normalized spacial score (nSPS) is 13.6. The molecule has 0 bridgehead atoms. The van der Waals surface area contributed by atoms with Crippen LogP contribution in [0.4, 0.5) is 27.5 Å². The number of nitrogens with zero attached hydrogens (tertiary/aromatic N) is 6. The van der Waals surface area contributed by atoms with Gasteiger partial charge in [0, 0.05) is 50.2 Å². The fraction of sp³-hybridized carbons (Fsp3) is 0.296. The van der Waals surface area contributed by atoms with Crippen LogP contribution < -0.4 is 20.1 Å². The summed E-state index contributed by atoms with van der Waals surface area (Å²) in [5.74, 6) is 1.44. The van der Waals surface area contributed by atoms with Gasteiger partial charge >= 0.3 is 0 Å². The second-order valence-electron chi connectivity index (χ2n) is 8.77. The van der Waals surface area contributed by atoms with Gasteiger partial charge in [-0.3, -0.25) is 4.90 Å². The third-order valence-corrected chi connectivity index (χ3v) is 6.28. The number of hydrogen-bond acceptors (Lipinski definition) is 11. The Morgan fingerprint density at radius 1 is 0.923 bits per heavy atom. The summed E-state index contributed by atoms with van der Waals surface area (Å²) in [6.07, 6.45) is 7.19. The van der Waals surface area contributed by atoms with Gasteiger partial charge in [-0.05, 0) is 18.1 Å². The highest BCUT2D eigenvalue weighted by atomic mass is 19.1. The lowest BCUT2D eigenvalue weighted by molar-refractivity contribution is 0.0384. The van der Waals surface area contributed by atoms with Crippen LogP contribution in [0.1, 0.15) is 5.56 Å². The van der Waals surface area contributed by atoms with Crippen LogP contribution in [-0.4, -0.2) is 76.9 Å². The minimum absolute atomic E-state index is 0.0422. The third kappa shape index (κ3) is 6.54. The molecule has 11 nitrogen and oxygen atoms in total. The second kappa shape index (κ2) is 12.4. The molecule has 39 heavy (non-hydrogen) atoms. The van der Waals surface area contributed by atoms with Crippen molar-refractivity contribution in [1.82, 2.24) is 29.8 Å². The van der Waals surface area contributed by atoms with E-state index in [-0.39, 0.29) is 11.4 Å². The van der Waals surface area contributed by atoms with Crippen molar-refractivity contribution in [2.45, 2.75) is 6.42 Å². The third-order valence-electron chi connectivity index (χ3n) is 6.28. The highest BCUT2D eigenvalue weighted by Gasteiger charge is 2.16. The van der Waals surface area contributed by atoms with E-state index in [2.05, 4.69) is 46.5 Å². The molecule has 202 valence electrons. The van der Waals surface area contributed by atoms with Crippen molar-refractivity contribution in [2.24, 2.45) is 0 Å². The van der Waals surface area contributed by atoms with Crippen molar-refractivity contribution >= 4 is 23.1 Å². The molecule has 1 aliphatic rings. The minimum atomic E-state index is -0.577. The summed E-state index contributed by atoms with van der Waals surface area (Å²) < 4.78 is 30.8. The summed E-state index contributed by atoms with van der Waals surface area (Å²) in [6.45, 7) is 4.50. The summed E-state index contributed by atoms with van der Waals surface area (Å²) in [5.41, 5.74) is 2.38. The summed E-state index contributed by atoms with van der Waals surface area (Å²) in [4.78, 5) is 24.1. The Labute approximate surface area is 225 Å². The maximum Gasteiger partial charge on any atom is 0.188 e. The van der Waals surface area contributed by atoms with Gasteiger partial charge in [-0.25, -0.2) is 29.3 Å². The number of nitrogens with one attached hydrogen (secondary N) is 2. The van der Waals surface area contributed by atoms with Gasteiger partial charge in [0.15, 0.2) is 11.6 Å². The first-order chi connectivity index (χ1) is 19.1. The topological polar surface area (TPSA) is 119 Å². The van der Waals surface area contributed by atoms with Crippen LogP contribution >= 0.6 is 0 Å². The molecule has 4 heterocycles. The lowest BCUT2D eigenvalue weighted by Crippen LogP contribution is -2.37. The first-order valence-corrected chi connectivity index (χ1v) is 12.5. The molecule has 1 saturated heterocycles. The second-order valence-corrected chi connectivity index (χ2v) is 8.77. The maximum atomic E-state index is 15.0. The van der Waals surface area contributed by atoms with Gasteiger partial charge in [-0.2, -0.15) is 0 Å². The molecule has 0 spiro atoms. The van der Waals surface area contributed by atoms with Crippen LogP contribution in [0.3, 0.4) is 0 Å². The van der Waals surface area contributed by atoms with Gasteiger partial charge in [-0.1, -0.05) is 6.07 Å². The molecule has 1 aromatic carbocycles. The molecule has 1 fully saturated rings. The fourth-order valence-corrected chi connectivity index (χ4v) is 4.14. The Morgan fingerprint density at radius 3 is 2.56 bits per heavy atom. The summed E-state index contributed by atoms with van der Waals surface area (Å²) >= 11 is 0. The lowest BCUT2D eigenvalue weighted by Gasteiger charge is -2.26. The van der Waals surface area contributed by atoms with Gasteiger partial charge in [0.1, 0.15) is 35.9 Å². The first kappa shape index (κ1) is 26.2. The molecule has 0 amide bonds. The van der Waals surface area contributed by atoms with Crippen LogP contribution in [0.2, 0.25) is 0 Å². The van der Waals surface area contributed by atoms with Gasteiger partial charge < -0.3 is 24.8 Å². The Hall–Kier alpha value is -4.42. The van der Waals surface area contributed by atoms with E-state index in [1.807, 2.05) is 12.3 Å². The van der Waals surface area contributed by atoms with E-state index < -0.39 is 5.82 Å². The zero-order valence-corrected chi connectivity index (χ0v) is 21.7. The number of anilines is 4.